The molecule has 1 N–H and O–H groups in total. The maximum atomic E-state index is 13.8. The van der Waals surface area contributed by atoms with Crippen LogP contribution < -0.4 is 10.1 Å². The number of aryl methyl sites for hydroxylation is 2. The summed E-state index contributed by atoms with van der Waals surface area (Å²) in [6, 6.07) is 9.82. The molecule has 2 aromatic rings. The van der Waals surface area contributed by atoms with Crippen molar-refractivity contribution >= 4 is 11.6 Å². The molecule has 2 rings (SSSR count). The summed E-state index contributed by atoms with van der Waals surface area (Å²) in [6.45, 7) is 3.87. The van der Waals surface area contributed by atoms with Gasteiger partial charge in [-0.05, 0) is 37.6 Å². The molecule has 104 valence electrons. The van der Waals surface area contributed by atoms with E-state index in [2.05, 4.69) is 5.32 Å². The first kappa shape index (κ1) is 14.1. The molecule has 0 aromatic heterocycles. The number of ether oxygens (including phenoxy) is 1. The smallest absolute Gasteiger partial charge is 0.258 e. The first-order chi connectivity index (χ1) is 9.51. The van der Waals surface area contributed by atoms with E-state index < -0.39 is 11.7 Å². The van der Waals surface area contributed by atoms with Gasteiger partial charge in [-0.15, -0.1) is 0 Å². The fraction of sp³-hybridized carbons (Fsp3) is 0.188. The summed E-state index contributed by atoms with van der Waals surface area (Å²) < 4.78 is 18.7. The monoisotopic (exact) mass is 273 g/mol. The van der Waals surface area contributed by atoms with Gasteiger partial charge in [0, 0.05) is 11.8 Å². The minimum absolute atomic E-state index is 0.00854. The van der Waals surface area contributed by atoms with Gasteiger partial charge in [0.05, 0.1) is 12.7 Å². The summed E-state index contributed by atoms with van der Waals surface area (Å²) >= 11 is 0. The summed E-state index contributed by atoms with van der Waals surface area (Å²) in [5, 5.41) is 2.71. The third-order valence-electron chi connectivity index (χ3n) is 3.05. The van der Waals surface area contributed by atoms with Gasteiger partial charge in [-0.2, -0.15) is 0 Å². The molecule has 0 aliphatic rings. The fourth-order valence-corrected chi connectivity index (χ4v) is 1.95. The first-order valence-electron chi connectivity index (χ1n) is 6.23. The van der Waals surface area contributed by atoms with Gasteiger partial charge in [0.2, 0.25) is 0 Å². The van der Waals surface area contributed by atoms with Gasteiger partial charge >= 0.3 is 0 Å². The van der Waals surface area contributed by atoms with Crippen LogP contribution in [0.5, 0.6) is 5.75 Å². The number of hydrogen-bond donors (Lipinski definition) is 1. The number of halogens is 1. The molecule has 1 amide bonds. The Morgan fingerprint density at radius 3 is 2.50 bits per heavy atom. The third-order valence-corrected chi connectivity index (χ3v) is 3.05. The van der Waals surface area contributed by atoms with Crippen LogP contribution in [0.4, 0.5) is 10.1 Å². The van der Waals surface area contributed by atoms with E-state index in [-0.39, 0.29) is 5.56 Å². The Balaban J connectivity index is 2.24. The third kappa shape index (κ3) is 2.96. The van der Waals surface area contributed by atoms with Crippen molar-refractivity contribution in [3.8, 4) is 5.75 Å². The molecule has 0 aliphatic carbocycles. The second-order valence-electron chi connectivity index (χ2n) is 4.62. The van der Waals surface area contributed by atoms with E-state index in [9.17, 15) is 9.18 Å². The highest BCUT2D eigenvalue weighted by Gasteiger charge is 2.13. The number of nitrogens with one attached hydrogen (secondary N) is 1. The molecule has 0 saturated heterocycles. The van der Waals surface area contributed by atoms with Crippen molar-refractivity contribution in [3.05, 3.63) is 58.9 Å². The number of amides is 1. The van der Waals surface area contributed by atoms with Crippen LogP contribution in [0.2, 0.25) is 0 Å². The fourth-order valence-electron chi connectivity index (χ4n) is 1.95. The van der Waals surface area contributed by atoms with E-state index in [1.54, 1.807) is 6.07 Å². The molecule has 0 fully saturated rings. The summed E-state index contributed by atoms with van der Waals surface area (Å²) in [4.78, 5) is 12.1. The van der Waals surface area contributed by atoms with Gasteiger partial charge in [-0.1, -0.05) is 17.7 Å². The van der Waals surface area contributed by atoms with Gasteiger partial charge in [0.25, 0.3) is 5.91 Å². The Morgan fingerprint density at radius 1 is 1.15 bits per heavy atom. The van der Waals surface area contributed by atoms with E-state index in [1.165, 1.54) is 19.2 Å². The van der Waals surface area contributed by atoms with Crippen molar-refractivity contribution in [2.75, 3.05) is 12.4 Å². The van der Waals surface area contributed by atoms with E-state index in [0.29, 0.717) is 11.4 Å². The Morgan fingerprint density at radius 2 is 1.90 bits per heavy atom. The lowest BCUT2D eigenvalue weighted by molar-refractivity contribution is 0.102. The normalized spacial score (nSPS) is 10.2. The average Bonchev–Trinajstić information content (AvgIpc) is 2.41. The van der Waals surface area contributed by atoms with Crippen molar-refractivity contribution in [1.82, 2.24) is 0 Å². The highest BCUT2D eigenvalue weighted by atomic mass is 19.1. The highest BCUT2D eigenvalue weighted by Crippen LogP contribution is 2.20. The van der Waals surface area contributed by atoms with Crippen molar-refractivity contribution in [1.29, 1.82) is 0 Å². The molecule has 0 bridgehead atoms. The van der Waals surface area contributed by atoms with Crippen molar-refractivity contribution in [3.63, 3.8) is 0 Å². The van der Waals surface area contributed by atoms with Gasteiger partial charge in [-0.3, -0.25) is 4.79 Å². The van der Waals surface area contributed by atoms with Crippen molar-refractivity contribution in [2.45, 2.75) is 13.8 Å². The zero-order valence-corrected chi connectivity index (χ0v) is 11.7. The van der Waals surface area contributed by atoms with Crippen molar-refractivity contribution in [2.24, 2.45) is 0 Å². The van der Waals surface area contributed by atoms with Crippen LogP contribution in [0.15, 0.2) is 36.4 Å². The van der Waals surface area contributed by atoms with Crippen LogP contribution >= 0.6 is 0 Å². The lowest BCUT2D eigenvalue weighted by atomic mass is 10.1. The predicted octanol–water partition coefficient (Wildman–Crippen LogP) is 3.70. The second-order valence-corrected chi connectivity index (χ2v) is 4.62. The van der Waals surface area contributed by atoms with Crippen LogP contribution in [0, 0.1) is 19.7 Å². The Labute approximate surface area is 117 Å². The largest absolute Gasteiger partial charge is 0.497 e. The number of benzene rings is 2. The zero-order chi connectivity index (χ0) is 14.7. The summed E-state index contributed by atoms with van der Waals surface area (Å²) in [6.07, 6.45) is 0. The molecule has 0 unspecified atom stereocenters. The standard InChI is InChI=1S/C16H16FNO2/c1-10-4-7-15(11(2)8-10)18-16(19)13-6-5-12(20-3)9-14(13)17/h4-9H,1-3H3,(H,18,19). The molecular weight excluding hydrogens is 257 g/mol. The molecular formula is C16H16FNO2. The second kappa shape index (κ2) is 5.74. The van der Waals surface area contributed by atoms with Crippen LogP contribution in [0.25, 0.3) is 0 Å². The van der Waals surface area contributed by atoms with E-state index in [1.807, 2.05) is 32.0 Å². The Hall–Kier alpha value is -2.36. The molecule has 20 heavy (non-hydrogen) atoms. The van der Waals surface area contributed by atoms with Crippen LogP contribution in [0.1, 0.15) is 21.5 Å². The predicted molar refractivity (Wildman–Crippen MR) is 76.8 cm³/mol. The minimum atomic E-state index is -0.605. The van der Waals surface area contributed by atoms with Gasteiger partial charge in [0.15, 0.2) is 0 Å². The lowest BCUT2D eigenvalue weighted by Gasteiger charge is -2.10. The molecule has 3 nitrogen and oxygen atoms in total. The molecule has 0 aliphatic heterocycles. The number of carbonyl (C=O) groups excluding carboxylic acids is 1. The van der Waals surface area contributed by atoms with E-state index >= 15 is 0 Å². The lowest BCUT2D eigenvalue weighted by Crippen LogP contribution is -2.14. The summed E-state index contributed by atoms with van der Waals surface area (Å²) in [7, 11) is 1.45. The maximum Gasteiger partial charge on any atom is 0.258 e. The van der Waals surface area contributed by atoms with Crippen LogP contribution in [0.3, 0.4) is 0 Å². The Kier molecular flexibility index (Phi) is 4.03. The number of carbonyl (C=O) groups is 1. The molecule has 0 spiro atoms. The van der Waals surface area contributed by atoms with E-state index in [0.717, 1.165) is 11.1 Å². The number of hydrogen-bond acceptors (Lipinski definition) is 2. The number of rotatable bonds is 3. The van der Waals surface area contributed by atoms with Crippen LogP contribution in [-0.2, 0) is 0 Å². The minimum Gasteiger partial charge on any atom is -0.497 e. The molecule has 0 atom stereocenters. The highest BCUT2D eigenvalue weighted by molar-refractivity contribution is 6.04. The summed E-state index contributed by atoms with van der Waals surface area (Å²) in [5.74, 6) is -0.700. The molecule has 0 saturated carbocycles. The SMILES string of the molecule is COc1ccc(C(=O)Nc2ccc(C)cc2C)c(F)c1. The average molecular weight is 273 g/mol. The quantitative estimate of drug-likeness (QED) is 0.926. The van der Waals surface area contributed by atoms with Gasteiger partial charge < -0.3 is 10.1 Å². The topological polar surface area (TPSA) is 38.3 Å². The molecule has 2 aromatic carbocycles. The number of methoxy groups -OCH3 is 1. The Bertz CT molecular complexity index is 653. The van der Waals surface area contributed by atoms with Gasteiger partial charge in [-0.25, -0.2) is 4.39 Å². The van der Waals surface area contributed by atoms with Crippen LogP contribution in [-0.4, -0.2) is 13.0 Å². The summed E-state index contributed by atoms with van der Waals surface area (Å²) in [5.41, 5.74) is 2.71. The zero-order valence-electron chi connectivity index (χ0n) is 11.7. The van der Waals surface area contributed by atoms with Gasteiger partial charge in [0.1, 0.15) is 11.6 Å². The number of anilines is 1. The molecule has 0 heterocycles. The molecule has 4 heteroatoms. The van der Waals surface area contributed by atoms with E-state index in [4.69, 9.17) is 4.74 Å². The molecule has 0 radical (unpaired) electrons. The maximum absolute atomic E-state index is 13.8. The van der Waals surface area contributed by atoms with Crippen molar-refractivity contribution < 1.29 is 13.9 Å². The first-order valence-corrected chi connectivity index (χ1v) is 6.23.